The molecule has 2 unspecified atom stereocenters. The van der Waals surface area contributed by atoms with Crippen LogP contribution < -0.4 is 0 Å². The Morgan fingerprint density at radius 3 is 1.19 bits per heavy atom. The Bertz CT molecular complexity index is 752. The molecule has 27 heavy (non-hydrogen) atoms. The maximum absolute atomic E-state index is 3.72. The van der Waals surface area contributed by atoms with Crippen molar-refractivity contribution < 1.29 is 0 Å². The van der Waals surface area contributed by atoms with Gasteiger partial charge in [-0.2, -0.15) is 0 Å². The van der Waals surface area contributed by atoms with Gasteiger partial charge in [-0.1, -0.05) is 89.8 Å². The topological polar surface area (TPSA) is 0 Å². The number of benzene rings is 2. The average molecular weight is 355 g/mol. The molecular weight excluding hydrogens is 323 g/mol. The minimum atomic E-state index is -1.19. The van der Waals surface area contributed by atoms with Crippen molar-refractivity contribution in [3.63, 3.8) is 0 Å². The van der Waals surface area contributed by atoms with E-state index in [0.717, 1.165) is 11.1 Å². The number of hydrogen-bond acceptors (Lipinski definition) is 0. The van der Waals surface area contributed by atoms with Crippen LogP contribution in [0.3, 0.4) is 0 Å². The van der Waals surface area contributed by atoms with E-state index in [1.807, 2.05) is 36.4 Å². The van der Waals surface area contributed by atoms with Crippen molar-refractivity contribution in [2.45, 2.75) is 53.2 Å². The molecule has 1 heteroatoms. The fourth-order valence-corrected chi connectivity index (χ4v) is 3.70. The Morgan fingerprint density at radius 2 is 0.889 bits per heavy atom. The molecule has 0 amide bonds. The van der Waals surface area contributed by atoms with Gasteiger partial charge in [0.1, 0.15) is 6.15 Å². The molecule has 0 nitrogen and oxygen atoms in total. The van der Waals surface area contributed by atoms with Crippen molar-refractivity contribution in [3.8, 4) is 23.5 Å². The van der Waals surface area contributed by atoms with Crippen molar-refractivity contribution >= 4 is 6.15 Å². The maximum atomic E-state index is 3.72. The first-order valence-corrected chi connectivity index (χ1v) is 10.2. The smallest absolute Gasteiger partial charge is 0.146 e. The monoisotopic (exact) mass is 355 g/mol. The lowest BCUT2D eigenvalue weighted by Gasteiger charge is -2.46. The molecule has 0 aliphatic rings. The summed E-state index contributed by atoms with van der Waals surface area (Å²) in [5, 5.41) is 0. The molecule has 2 aromatic carbocycles. The van der Waals surface area contributed by atoms with Crippen LogP contribution in [0.5, 0.6) is 0 Å². The van der Waals surface area contributed by atoms with Gasteiger partial charge in [0.25, 0.3) is 0 Å². The zero-order chi connectivity index (χ0) is 19.9. The van der Waals surface area contributed by atoms with Crippen LogP contribution in [0.2, 0.25) is 11.6 Å². The van der Waals surface area contributed by atoms with Gasteiger partial charge in [-0.15, -0.1) is 23.5 Å². The minimum Gasteiger partial charge on any atom is -0.293 e. The highest BCUT2D eigenvalue weighted by Gasteiger charge is 2.35. The van der Waals surface area contributed by atoms with Crippen LogP contribution in [0.25, 0.3) is 0 Å². The summed E-state index contributed by atoms with van der Waals surface area (Å²) < 4.78 is 0. The summed E-state index contributed by atoms with van der Waals surface area (Å²) in [5.41, 5.74) is 2.13. The van der Waals surface area contributed by atoms with Crippen LogP contribution in [0.1, 0.15) is 52.7 Å². The first-order valence-electron chi connectivity index (χ1n) is 10.2. The van der Waals surface area contributed by atoms with Crippen LogP contribution in [0.15, 0.2) is 60.7 Å². The van der Waals surface area contributed by atoms with Gasteiger partial charge >= 0.3 is 0 Å². The first-order chi connectivity index (χ1) is 12.9. The molecule has 0 fully saturated rings. The zero-order valence-electron chi connectivity index (χ0n) is 17.7. The molecule has 2 aromatic rings. The Labute approximate surface area is 166 Å². The fraction of sp³-hybridized carbons (Fsp3) is 0.385. The molecular formula is C26H32B-. The maximum Gasteiger partial charge on any atom is 0.146 e. The van der Waals surface area contributed by atoms with Gasteiger partial charge in [0.2, 0.25) is 0 Å². The summed E-state index contributed by atoms with van der Waals surface area (Å²) in [5.74, 6) is 16.3. The summed E-state index contributed by atoms with van der Waals surface area (Å²) in [6, 6.07) is 20.6. The van der Waals surface area contributed by atoms with E-state index in [1.54, 1.807) is 0 Å². The van der Waals surface area contributed by atoms with Gasteiger partial charge in [-0.05, 0) is 24.3 Å². The fourth-order valence-electron chi connectivity index (χ4n) is 3.70. The van der Waals surface area contributed by atoms with Crippen molar-refractivity contribution in [1.29, 1.82) is 0 Å². The second-order valence-electron chi connectivity index (χ2n) is 8.48. The summed E-state index contributed by atoms with van der Waals surface area (Å²) in [6.45, 7) is 13.8. The standard InChI is InChI=1S/C26H32B/c1-21(2)23(5)27(24(6)22(3)4,19-17-25-13-9-7-10-14-25)20-18-26-15-11-8-12-16-26/h7-16,21-24H,1-6H3/q-1. The first kappa shape index (κ1) is 20.9. The highest BCUT2D eigenvalue weighted by molar-refractivity contribution is 6.96. The summed E-state index contributed by atoms with van der Waals surface area (Å²) in [7, 11) is 0. The zero-order valence-corrected chi connectivity index (χ0v) is 17.7. The summed E-state index contributed by atoms with van der Waals surface area (Å²) >= 11 is 0. The third-order valence-electron chi connectivity index (χ3n) is 6.22. The Hall–Kier alpha value is -2.38. The molecule has 0 bridgehead atoms. The third kappa shape index (κ3) is 5.31. The van der Waals surface area contributed by atoms with Gasteiger partial charge in [-0.25, -0.2) is 0 Å². The van der Waals surface area contributed by atoms with Gasteiger partial charge in [0, 0.05) is 11.1 Å². The molecule has 2 rings (SSSR count). The highest BCUT2D eigenvalue weighted by Crippen LogP contribution is 2.40. The Kier molecular flexibility index (Phi) is 7.39. The van der Waals surface area contributed by atoms with Gasteiger partial charge in [0.05, 0.1) is 0 Å². The van der Waals surface area contributed by atoms with E-state index in [9.17, 15) is 0 Å². The van der Waals surface area contributed by atoms with E-state index in [0.29, 0.717) is 23.5 Å². The number of rotatable bonds is 4. The normalized spacial score (nSPS) is 13.3. The Balaban J connectivity index is 2.63. The molecule has 0 aromatic heterocycles. The lowest BCUT2D eigenvalue weighted by atomic mass is 9.13. The summed E-state index contributed by atoms with van der Waals surface area (Å²) in [4.78, 5) is 0. The van der Waals surface area contributed by atoms with Crippen LogP contribution in [0.4, 0.5) is 0 Å². The van der Waals surface area contributed by atoms with Crippen LogP contribution in [-0.2, 0) is 0 Å². The average Bonchev–Trinajstić information content (AvgIpc) is 2.69. The molecule has 0 spiro atoms. The minimum absolute atomic E-state index is 0.426. The molecule has 0 N–H and O–H groups in total. The largest absolute Gasteiger partial charge is 0.293 e. The molecule has 0 aliphatic heterocycles. The second kappa shape index (κ2) is 9.53. The quantitative estimate of drug-likeness (QED) is 0.422. The lowest BCUT2D eigenvalue weighted by Crippen LogP contribution is -2.45. The molecule has 2 atom stereocenters. The van der Waals surface area contributed by atoms with E-state index >= 15 is 0 Å². The second-order valence-corrected chi connectivity index (χ2v) is 8.48. The lowest BCUT2D eigenvalue weighted by molar-refractivity contribution is 0.560. The van der Waals surface area contributed by atoms with E-state index in [1.165, 1.54) is 0 Å². The SMILES string of the molecule is CC(C)C(C)[B-](C#Cc1ccccc1)(C#Cc1ccccc1)C(C)C(C)C. The van der Waals surface area contributed by atoms with Crippen molar-refractivity contribution in [2.75, 3.05) is 0 Å². The van der Waals surface area contributed by atoms with E-state index in [-0.39, 0.29) is 0 Å². The van der Waals surface area contributed by atoms with Crippen LogP contribution in [0, 0.1) is 35.3 Å². The van der Waals surface area contributed by atoms with E-state index in [4.69, 9.17) is 0 Å². The van der Waals surface area contributed by atoms with Crippen LogP contribution >= 0.6 is 0 Å². The van der Waals surface area contributed by atoms with E-state index < -0.39 is 6.15 Å². The predicted octanol–water partition coefficient (Wildman–Crippen LogP) is 6.71. The Morgan fingerprint density at radius 1 is 0.556 bits per heavy atom. The van der Waals surface area contributed by atoms with Crippen molar-refractivity contribution in [2.24, 2.45) is 11.8 Å². The number of hydrogen-bond donors (Lipinski definition) is 0. The predicted molar refractivity (Wildman–Crippen MR) is 121 cm³/mol. The van der Waals surface area contributed by atoms with E-state index in [2.05, 4.69) is 89.3 Å². The van der Waals surface area contributed by atoms with Gasteiger partial charge in [0.15, 0.2) is 0 Å². The van der Waals surface area contributed by atoms with Crippen molar-refractivity contribution in [3.05, 3.63) is 71.8 Å². The molecule has 140 valence electrons. The van der Waals surface area contributed by atoms with Gasteiger partial charge in [-0.3, -0.25) is 11.6 Å². The van der Waals surface area contributed by atoms with Crippen molar-refractivity contribution in [1.82, 2.24) is 0 Å². The van der Waals surface area contributed by atoms with Gasteiger partial charge < -0.3 is 0 Å². The molecule has 0 radical (unpaired) electrons. The molecule has 0 saturated heterocycles. The summed E-state index contributed by atoms with van der Waals surface area (Å²) in [6.07, 6.45) is -1.19. The highest BCUT2D eigenvalue weighted by atomic mass is 14.2. The van der Waals surface area contributed by atoms with Crippen LogP contribution in [-0.4, -0.2) is 6.15 Å². The third-order valence-corrected chi connectivity index (χ3v) is 6.22. The molecule has 0 saturated carbocycles. The molecule has 0 aliphatic carbocycles. The molecule has 0 heterocycles.